The zero-order chi connectivity index (χ0) is 14.4. The minimum atomic E-state index is -0.961. The Morgan fingerprint density at radius 3 is 2.47 bits per heavy atom. The van der Waals surface area contributed by atoms with Gasteiger partial charge in [-0.2, -0.15) is 0 Å². The van der Waals surface area contributed by atoms with Crippen LogP contribution in [0.4, 0.5) is 0 Å². The molecule has 106 valence electrons. The van der Waals surface area contributed by atoms with E-state index >= 15 is 0 Å². The summed E-state index contributed by atoms with van der Waals surface area (Å²) in [6, 6.07) is 6.00. The predicted octanol–water partition coefficient (Wildman–Crippen LogP) is 2.99. The van der Waals surface area contributed by atoms with Crippen LogP contribution in [0.15, 0.2) is 18.2 Å². The second-order valence-corrected chi connectivity index (χ2v) is 4.87. The Hall–Kier alpha value is -1.55. The van der Waals surface area contributed by atoms with E-state index in [9.17, 15) is 4.79 Å². The van der Waals surface area contributed by atoms with Crippen LogP contribution in [0.1, 0.15) is 37.8 Å². The molecule has 0 aliphatic carbocycles. The van der Waals surface area contributed by atoms with Crippen LogP contribution in [0.25, 0.3) is 0 Å². The van der Waals surface area contributed by atoms with E-state index in [1.807, 2.05) is 12.1 Å². The molecule has 19 heavy (non-hydrogen) atoms. The lowest BCUT2D eigenvalue weighted by Crippen LogP contribution is -2.22. The molecule has 1 atom stereocenters. The van der Waals surface area contributed by atoms with Gasteiger partial charge in [0.15, 0.2) is 6.10 Å². The molecule has 0 heterocycles. The predicted molar refractivity (Wildman–Crippen MR) is 73.8 cm³/mol. The summed E-state index contributed by atoms with van der Waals surface area (Å²) < 4.78 is 10.6. The lowest BCUT2D eigenvalue weighted by Gasteiger charge is -2.13. The molecule has 0 spiro atoms. The highest BCUT2D eigenvalue weighted by molar-refractivity contribution is 5.71. The van der Waals surface area contributed by atoms with E-state index in [1.54, 1.807) is 0 Å². The fraction of sp³-hybridized carbons (Fsp3) is 0.533. The fourth-order valence-corrected chi connectivity index (χ4v) is 1.84. The highest BCUT2D eigenvalue weighted by Gasteiger charge is 2.10. The van der Waals surface area contributed by atoms with E-state index in [0.29, 0.717) is 12.5 Å². The van der Waals surface area contributed by atoms with Crippen molar-refractivity contribution in [3.63, 3.8) is 0 Å². The molecule has 0 aromatic heterocycles. The van der Waals surface area contributed by atoms with Crippen molar-refractivity contribution in [1.29, 1.82) is 0 Å². The SMILES string of the molecule is Cc1cc(OCCOC(C)C(=O)O)ccc1C(C)C. The summed E-state index contributed by atoms with van der Waals surface area (Å²) in [4.78, 5) is 10.5. The van der Waals surface area contributed by atoms with Gasteiger partial charge in [0.2, 0.25) is 0 Å². The van der Waals surface area contributed by atoms with Crippen molar-refractivity contribution in [1.82, 2.24) is 0 Å². The summed E-state index contributed by atoms with van der Waals surface area (Å²) in [5.41, 5.74) is 2.51. The Morgan fingerprint density at radius 2 is 1.95 bits per heavy atom. The first-order chi connectivity index (χ1) is 8.91. The van der Waals surface area contributed by atoms with Gasteiger partial charge in [0.25, 0.3) is 0 Å². The fourth-order valence-electron chi connectivity index (χ4n) is 1.84. The summed E-state index contributed by atoms with van der Waals surface area (Å²) in [6.45, 7) is 8.49. The maximum absolute atomic E-state index is 10.5. The average molecular weight is 266 g/mol. The van der Waals surface area contributed by atoms with Crippen molar-refractivity contribution < 1.29 is 19.4 Å². The van der Waals surface area contributed by atoms with E-state index in [-0.39, 0.29) is 6.61 Å². The smallest absolute Gasteiger partial charge is 0.332 e. The van der Waals surface area contributed by atoms with E-state index in [4.69, 9.17) is 14.6 Å². The molecule has 1 N–H and O–H groups in total. The Kier molecular flexibility index (Phi) is 5.83. The molecule has 1 rings (SSSR count). The van der Waals surface area contributed by atoms with Crippen LogP contribution in [-0.2, 0) is 9.53 Å². The third-order valence-corrected chi connectivity index (χ3v) is 2.93. The number of rotatable bonds is 7. The Morgan fingerprint density at radius 1 is 1.26 bits per heavy atom. The van der Waals surface area contributed by atoms with Gasteiger partial charge in [-0.15, -0.1) is 0 Å². The molecule has 4 heteroatoms. The minimum Gasteiger partial charge on any atom is -0.491 e. The first-order valence-corrected chi connectivity index (χ1v) is 6.49. The van der Waals surface area contributed by atoms with Crippen molar-refractivity contribution in [2.24, 2.45) is 0 Å². The van der Waals surface area contributed by atoms with Crippen molar-refractivity contribution >= 4 is 5.97 Å². The monoisotopic (exact) mass is 266 g/mol. The number of aryl methyl sites for hydroxylation is 1. The molecule has 0 fully saturated rings. The van der Waals surface area contributed by atoms with E-state index in [1.165, 1.54) is 18.1 Å². The molecule has 1 aromatic carbocycles. The second kappa shape index (κ2) is 7.14. The molecule has 0 bridgehead atoms. The van der Waals surface area contributed by atoms with E-state index < -0.39 is 12.1 Å². The number of carboxylic acid groups (broad SMARTS) is 1. The summed E-state index contributed by atoms with van der Waals surface area (Å²) in [5, 5.41) is 8.65. The second-order valence-electron chi connectivity index (χ2n) is 4.87. The molecule has 0 amide bonds. The lowest BCUT2D eigenvalue weighted by atomic mass is 9.98. The first-order valence-electron chi connectivity index (χ1n) is 6.49. The molecule has 0 aliphatic heterocycles. The lowest BCUT2D eigenvalue weighted by molar-refractivity contribution is -0.149. The Balaban J connectivity index is 2.42. The summed E-state index contributed by atoms with van der Waals surface area (Å²) >= 11 is 0. The third kappa shape index (κ3) is 4.91. The standard InChI is InChI=1S/C15H22O4/c1-10(2)14-6-5-13(9-11(14)3)19-8-7-18-12(4)15(16)17/h5-6,9-10,12H,7-8H2,1-4H3,(H,16,17). The van der Waals surface area contributed by atoms with Crippen LogP contribution in [0.3, 0.4) is 0 Å². The topological polar surface area (TPSA) is 55.8 Å². The van der Waals surface area contributed by atoms with Crippen LogP contribution in [-0.4, -0.2) is 30.4 Å². The quantitative estimate of drug-likeness (QED) is 0.771. The number of hydrogen-bond donors (Lipinski definition) is 1. The number of hydrogen-bond acceptors (Lipinski definition) is 3. The molecular formula is C15H22O4. The molecule has 0 radical (unpaired) electrons. The molecule has 0 saturated heterocycles. The summed E-state index contributed by atoms with van der Waals surface area (Å²) in [6.07, 6.45) is -0.798. The zero-order valence-electron chi connectivity index (χ0n) is 12.0. The number of carbonyl (C=O) groups is 1. The maximum Gasteiger partial charge on any atom is 0.332 e. The third-order valence-electron chi connectivity index (χ3n) is 2.93. The zero-order valence-corrected chi connectivity index (χ0v) is 12.0. The number of carboxylic acids is 1. The van der Waals surface area contributed by atoms with Gasteiger partial charge in [-0.3, -0.25) is 0 Å². The van der Waals surface area contributed by atoms with Gasteiger partial charge in [-0.1, -0.05) is 19.9 Å². The highest BCUT2D eigenvalue weighted by atomic mass is 16.5. The van der Waals surface area contributed by atoms with Crippen molar-refractivity contribution in [3.05, 3.63) is 29.3 Å². The molecule has 4 nitrogen and oxygen atoms in total. The molecule has 0 aliphatic rings. The summed E-state index contributed by atoms with van der Waals surface area (Å²) in [7, 11) is 0. The normalized spacial score (nSPS) is 12.5. The van der Waals surface area contributed by atoms with Gasteiger partial charge < -0.3 is 14.6 Å². The largest absolute Gasteiger partial charge is 0.491 e. The van der Waals surface area contributed by atoms with Crippen LogP contribution in [0, 0.1) is 6.92 Å². The van der Waals surface area contributed by atoms with E-state index in [2.05, 4.69) is 26.8 Å². The number of aliphatic carboxylic acids is 1. The number of ether oxygens (including phenoxy) is 2. The van der Waals surface area contributed by atoms with Crippen LogP contribution in [0.2, 0.25) is 0 Å². The van der Waals surface area contributed by atoms with Gasteiger partial charge >= 0.3 is 5.97 Å². The van der Waals surface area contributed by atoms with Gasteiger partial charge in [0, 0.05) is 0 Å². The van der Waals surface area contributed by atoms with Crippen molar-refractivity contribution in [2.45, 2.75) is 39.7 Å². The van der Waals surface area contributed by atoms with E-state index in [0.717, 1.165) is 5.75 Å². The van der Waals surface area contributed by atoms with Crippen LogP contribution >= 0.6 is 0 Å². The Labute approximate surface area is 114 Å². The molecule has 0 saturated carbocycles. The van der Waals surface area contributed by atoms with Gasteiger partial charge in [-0.25, -0.2) is 4.79 Å². The van der Waals surface area contributed by atoms with Gasteiger partial charge in [-0.05, 0) is 43.0 Å². The van der Waals surface area contributed by atoms with Crippen molar-refractivity contribution in [2.75, 3.05) is 13.2 Å². The average Bonchev–Trinajstić information content (AvgIpc) is 2.33. The van der Waals surface area contributed by atoms with Gasteiger partial charge in [0.1, 0.15) is 12.4 Å². The first kappa shape index (κ1) is 15.5. The summed E-state index contributed by atoms with van der Waals surface area (Å²) in [5.74, 6) is 0.319. The molecule has 1 unspecified atom stereocenters. The molecule has 1 aromatic rings. The Bertz CT molecular complexity index is 426. The molecular weight excluding hydrogens is 244 g/mol. The van der Waals surface area contributed by atoms with Crippen LogP contribution in [0.5, 0.6) is 5.75 Å². The number of benzene rings is 1. The highest BCUT2D eigenvalue weighted by Crippen LogP contribution is 2.23. The minimum absolute atomic E-state index is 0.262. The van der Waals surface area contributed by atoms with Gasteiger partial charge in [0.05, 0.1) is 6.61 Å². The maximum atomic E-state index is 10.5. The van der Waals surface area contributed by atoms with Crippen LogP contribution < -0.4 is 4.74 Å². The van der Waals surface area contributed by atoms with Crippen molar-refractivity contribution in [3.8, 4) is 5.75 Å².